The van der Waals surface area contributed by atoms with Gasteiger partial charge in [-0.1, -0.05) is 214 Å². The Balaban J connectivity index is 1.06. The molecule has 38 heteroatoms. The van der Waals surface area contributed by atoms with Gasteiger partial charge < -0.3 is 110 Å². The minimum absolute atomic E-state index is 0.0113. The van der Waals surface area contributed by atoms with Gasteiger partial charge in [0.15, 0.2) is 74.4 Å². The smallest absolute Gasteiger partial charge is 0.338 e. The Labute approximate surface area is 745 Å². The lowest BCUT2D eigenvalue weighted by Crippen LogP contribution is -2.73. The molecule has 0 spiro atoms. The number of esters is 6. The summed E-state index contributed by atoms with van der Waals surface area (Å²) < 4.78 is 132. The van der Waals surface area contributed by atoms with Crippen molar-refractivity contribution in [3.8, 4) is 11.5 Å². The number of fused-ring (bicyclic) bond motifs is 2. The number of halogens is 6. The molecule has 2 amide bonds. The quantitative estimate of drug-likeness (QED) is 0.0159. The van der Waals surface area contributed by atoms with E-state index < -0.39 is 215 Å². The van der Waals surface area contributed by atoms with Crippen LogP contribution in [0.3, 0.4) is 0 Å². The van der Waals surface area contributed by atoms with E-state index in [4.69, 9.17) is 169 Å². The van der Waals surface area contributed by atoms with Crippen LogP contribution in [-0.4, -0.2) is 234 Å². The molecule has 12 rings (SSSR count). The maximum absolute atomic E-state index is 15.5. The summed E-state index contributed by atoms with van der Waals surface area (Å²) in [6.07, 6.45) is -36.4. The van der Waals surface area contributed by atoms with Gasteiger partial charge in [0.1, 0.15) is 72.4 Å². The third-order valence-electron chi connectivity index (χ3n) is 21.9. The number of ether oxygens (including phenoxy) is 20. The van der Waals surface area contributed by atoms with E-state index in [0.717, 1.165) is 14.2 Å². The van der Waals surface area contributed by atoms with Crippen LogP contribution in [-0.2, 0) is 109 Å². The van der Waals surface area contributed by atoms with Gasteiger partial charge in [-0.3, -0.25) is 9.59 Å². The van der Waals surface area contributed by atoms with E-state index in [2.05, 4.69) is 17.2 Å². The molecule has 6 aliphatic rings. The zero-order valence-corrected chi connectivity index (χ0v) is 74.4. The number of benzene rings is 6. The Bertz CT molecular complexity index is 4660. The minimum atomic E-state index is -3.49. The topological polar surface area (TPSA) is 354 Å². The zero-order chi connectivity index (χ0) is 89.3. The number of hydrogen-bond acceptors (Lipinski definition) is 29. The molecule has 0 aliphatic carbocycles. The van der Waals surface area contributed by atoms with Gasteiger partial charge >= 0.3 is 35.8 Å². The number of methoxy groups -OCH3 is 4. The van der Waals surface area contributed by atoms with Crippen LogP contribution in [0.15, 0.2) is 183 Å². The SMILES string of the molecule is C=CCO[C@@H]1OC2COC(c3ccc(OC)cc3)O[C@@H]2[C@H](O[C@@H]2OC(C(=O)OC)[C@@H](O[C@@H]3OC4COC(c5ccc(OC)cc5)O[C@@H]4[C@H](O[C@@H]4OC(C(=O)OC)[C@@H](O[Si](C)(C(C)(C)C)C(C)(C)C)[C@H](OC(=O)c5ccccc5)C4OC(=O)c4ccccc4)C3NC(=O)C(Cl)(Cl)Cl)[C@H](OC(=O)c3ccccc3)C2OC(=O)c2ccccc2)C1NC(=O)C(Cl)(Cl)Cl. The molecule has 2 N–H and O–H groups in total. The van der Waals surface area contributed by atoms with Gasteiger partial charge in [-0.2, -0.15) is 0 Å². The van der Waals surface area contributed by atoms with Crippen LogP contribution in [0.4, 0.5) is 0 Å². The first-order chi connectivity index (χ1) is 58.9. The standard InChI is InChI=1S/C86H94Cl6N2O29Si/c1-13-42-107-77-55(93-81(101)85(87,88)89)59(57-53(110-77)43-108-75(116-57)49-34-38-51(103-8)39-35-49)118-79-67(114-71(97)47-30-22-16-23-31-47)62(112-69(95)45-26-18-14-19-27-45)61(65(121-79)73(99)105-10)120-78-56(94-82(102)86(90,91)92)60(58-54(111-78)44-109-76(117-58)50-36-40-52(104-9)41-37-50)119-80-68(115-72(98)48-32-24-17-25-33-48)63(113-70(96)46-28-20-15-21-29-46)64(66(122-80)74(100)106-11)123-124(12,83(2,3)4)84(5,6)7/h13-41,53-68,75-80H,1,42-44H2,2-12H3,(H,93,101)(H,94,102)/t53?,54?,55?,56?,57-,58-,59+,60+,61-,62-,63-,64-,65?,66?,67?,68?,75?,76?,77+,78-,79+,80+/m0/s1. The summed E-state index contributed by atoms with van der Waals surface area (Å²) in [5.74, 6) is -8.71. The Kier molecular flexibility index (Phi) is 31.3. The zero-order valence-electron chi connectivity index (χ0n) is 68.9. The summed E-state index contributed by atoms with van der Waals surface area (Å²) >= 11 is 38.7. The van der Waals surface area contributed by atoms with Crippen LogP contribution < -0.4 is 20.1 Å². The van der Waals surface area contributed by atoms with E-state index >= 15 is 33.6 Å². The maximum Gasteiger partial charge on any atom is 0.338 e. The van der Waals surface area contributed by atoms with E-state index in [1.165, 1.54) is 93.1 Å². The first kappa shape index (κ1) is 95.0. The highest BCUT2D eigenvalue weighted by atomic mass is 35.6. The van der Waals surface area contributed by atoms with Gasteiger partial charge in [0.05, 0.1) is 70.5 Å². The second kappa shape index (κ2) is 40.9. The third kappa shape index (κ3) is 22.0. The number of alkyl halides is 6. The van der Waals surface area contributed by atoms with Gasteiger partial charge in [0.25, 0.3) is 19.4 Å². The number of carbonyl (C=O) groups is 8. The van der Waals surface area contributed by atoms with Crippen LogP contribution in [0, 0.1) is 0 Å². The summed E-state index contributed by atoms with van der Waals surface area (Å²) in [4.78, 5) is 121. The van der Waals surface area contributed by atoms with Crippen molar-refractivity contribution in [3.63, 3.8) is 0 Å². The lowest BCUT2D eigenvalue weighted by atomic mass is 9.92. The van der Waals surface area contributed by atoms with Crippen LogP contribution >= 0.6 is 69.6 Å². The van der Waals surface area contributed by atoms with Crippen LogP contribution in [0.2, 0.25) is 16.6 Å². The fourth-order valence-corrected chi connectivity index (χ4v) is 19.1. The second-order valence-electron chi connectivity index (χ2n) is 31.5. The van der Waals surface area contributed by atoms with Crippen molar-refractivity contribution >= 4 is 126 Å². The number of hydrogen-bond donors (Lipinski definition) is 2. The summed E-state index contributed by atoms with van der Waals surface area (Å²) in [5, 5.41) is 3.88. The monoisotopic (exact) mass is 1860 g/mol. The summed E-state index contributed by atoms with van der Waals surface area (Å²) in [7, 11) is 1.47. The highest BCUT2D eigenvalue weighted by Crippen LogP contribution is 2.54. The van der Waals surface area contributed by atoms with Gasteiger partial charge in [0, 0.05) is 11.1 Å². The molecule has 22 atom stereocenters. The molecule has 0 saturated carbocycles. The third-order valence-corrected chi connectivity index (χ3v) is 29.4. The number of carbonyl (C=O) groups excluding carboxylic acids is 8. The van der Waals surface area contributed by atoms with Gasteiger partial charge in [-0.05, 0) is 89.4 Å². The molecular formula is C86H94Cl6N2O29Si. The summed E-state index contributed by atoms with van der Waals surface area (Å²) in [6, 6.07) is 39.4. The van der Waals surface area contributed by atoms with Gasteiger partial charge in [-0.25, -0.2) is 28.8 Å². The predicted octanol–water partition coefficient (Wildman–Crippen LogP) is 12.0. The molecule has 6 aromatic carbocycles. The van der Waals surface area contributed by atoms with Crippen LogP contribution in [0.25, 0.3) is 0 Å². The first-order valence-electron chi connectivity index (χ1n) is 39.2. The Morgan fingerprint density at radius 2 is 0.750 bits per heavy atom. The minimum Gasteiger partial charge on any atom is -0.497 e. The Hall–Kier alpha value is -8.14. The fourth-order valence-electron chi connectivity index (χ4n) is 15.0. The van der Waals surface area contributed by atoms with E-state index in [1.54, 1.807) is 97.1 Å². The maximum atomic E-state index is 15.5. The van der Waals surface area contributed by atoms with Crippen molar-refractivity contribution in [3.05, 3.63) is 216 Å². The van der Waals surface area contributed by atoms with Crippen molar-refractivity contribution in [2.75, 3.05) is 48.3 Å². The molecule has 6 heterocycles. The lowest BCUT2D eigenvalue weighted by Gasteiger charge is -2.55. The molecule has 124 heavy (non-hydrogen) atoms. The Morgan fingerprint density at radius 1 is 0.419 bits per heavy atom. The molecule has 0 bridgehead atoms. The average molecular weight is 1860 g/mol. The average Bonchev–Trinajstić information content (AvgIpc) is 0.733. The lowest BCUT2D eigenvalue weighted by molar-refractivity contribution is -0.395. The summed E-state index contributed by atoms with van der Waals surface area (Å²) in [6.45, 7) is 16.3. The number of amides is 2. The molecule has 6 aromatic rings. The van der Waals surface area contributed by atoms with Crippen molar-refractivity contribution in [1.82, 2.24) is 10.6 Å². The Morgan fingerprint density at radius 3 is 1.09 bits per heavy atom. The molecule has 10 unspecified atom stereocenters. The first-order valence-corrected chi connectivity index (χ1v) is 43.9. The van der Waals surface area contributed by atoms with Crippen molar-refractivity contribution in [2.45, 2.75) is 201 Å². The number of nitrogens with one attached hydrogen (secondary N) is 2. The molecule has 6 saturated heterocycles. The molecule has 0 aromatic heterocycles. The largest absolute Gasteiger partial charge is 0.497 e. The van der Waals surface area contributed by atoms with Crippen LogP contribution in [0.1, 0.15) is 107 Å². The van der Waals surface area contributed by atoms with Gasteiger partial charge in [-0.15, -0.1) is 6.58 Å². The molecule has 0 radical (unpaired) electrons. The predicted molar refractivity (Wildman–Crippen MR) is 446 cm³/mol. The van der Waals surface area contributed by atoms with E-state index in [-0.39, 0.29) is 35.5 Å². The second-order valence-corrected chi connectivity index (χ2v) is 41.4. The fraction of sp³-hybridized carbons (Fsp3) is 0.465. The molecular weight excluding hydrogens is 1770 g/mol. The normalized spacial score (nSPS) is 29.0. The van der Waals surface area contributed by atoms with Crippen LogP contribution in [0.5, 0.6) is 11.5 Å². The van der Waals surface area contributed by atoms with Gasteiger partial charge in [0.2, 0.25) is 8.32 Å². The van der Waals surface area contributed by atoms with Crippen molar-refractivity contribution in [1.29, 1.82) is 0 Å². The van der Waals surface area contributed by atoms with E-state index in [9.17, 15) is 4.79 Å². The van der Waals surface area contributed by atoms with E-state index in [1.807, 2.05) is 48.1 Å². The molecule has 6 aliphatic heterocycles. The number of rotatable bonds is 27. The molecule has 668 valence electrons. The highest BCUT2D eigenvalue weighted by Gasteiger charge is 2.65. The van der Waals surface area contributed by atoms with Crippen molar-refractivity contribution in [2.24, 2.45) is 0 Å². The molecule has 31 nitrogen and oxygen atoms in total. The van der Waals surface area contributed by atoms with E-state index in [0.29, 0.717) is 22.6 Å². The highest BCUT2D eigenvalue weighted by molar-refractivity contribution is 6.78. The molecule has 6 fully saturated rings. The van der Waals surface area contributed by atoms with Crippen molar-refractivity contribution < 1.29 is 138 Å². The summed E-state index contributed by atoms with van der Waals surface area (Å²) in [5.41, 5.74) is 0.449.